The minimum atomic E-state index is -0.539. The van der Waals surface area contributed by atoms with E-state index in [-0.39, 0.29) is 28.2 Å². The molecule has 0 N–H and O–H groups in total. The molecular formula is C11H10Cl2N2O3. The Morgan fingerprint density at radius 3 is 2.78 bits per heavy atom. The number of nitro groups is 1. The molecule has 1 saturated heterocycles. The Hall–Kier alpha value is -1.33. The van der Waals surface area contributed by atoms with Crippen LogP contribution in [-0.2, 0) is 4.79 Å². The topological polar surface area (TPSA) is 63.5 Å². The summed E-state index contributed by atoms with van der Waals surface area (Å²) in [4.78, 5) is 23.7. The Morgan fingerprint density at radius 1 is 1.50 bits per heavy atom. The summed E-state index contributed by atoms with van der Waals surface area (Å²) in [6, 6.07) is 4.28. The summed E-state index contributed by atoms with van der Waals surface area (Å²) in [5.74, 6) is 0.254. The van der Waals surface area contributed by atoms with Crippen LogP contribution in [0.3, 0.4) is 0 Å². The molecule has 1 unspecified atom stereocenters. The lowest BCUT2D eigenvalue weighted by Crippen LogP contribution is -2.25. The second-order valence-corrected chi connectivity index (χ2v) is 4.86. The van der Waals surface area contributed by atoms with Crippen LogP contribution in [0, 0.1) is 16.0 Å². The molecule has 0 aliphatic carbocycles. The fourth-order valence-corrected chi connectivity index (χ4v) is 2.36. The minimum Gasteiger partial charge on any atom is -0.306 e. The molecule has 1 atom stereocenters. The van der Waals surface area contributed by atoms with Crippen LogP contribution in [-0.4, -0.2) is 23.3 Å². The van der Waals surface area contributed by atoms with Gasteiger partial charge in [-0.15, -0.1) is 11.6 Å². The number of carbonyl (C=O) groups excluding carboxylic acids is 1. The van der Waals surface area contributed by atoms with Gasteiger partial charge in [-0.25, -0.2) is 0 Å². The summed E-state index contributed by atoms with van der Waals surface area (Å²) in [5.41, 5.74) is 0.119. The molecule has 1 aromatic carbocycles. The molecule has 1 aliphatic heterocycles. The second-order valence-electron chi connectivity index (χ2n) is 4.12. The molecule has 0 saturated carbocycles. The highest BCUT2D eigenvalue weighted by Crippen LogP contribution is 2.34. The number of rotatable bonds is 3. The van der Waals surface area contributed by atoms with E-state index in [1.807, 2.05) is 0 Å². The fraction of sp³-hybridized carbons (Fsp3) is 0.364. The maximum absolute atomic E-state index is 11.8. The number of carbonyl (C=O) groups is 1. The first kappa shape index (κ1) is 13.1. The normalized spacial score (nSPS) is 19.3. The third-order valence-electron chi connectivity index (χ3n) is 2.85. The number of hydrogen-bond donors (Lipinski definition) is 0. The van der Waals surface area contributed by atoms with Gasteiger partial charge in [0.2, 0.25) is 5.91 Å². The molecule has 7 heteroatoms. The van der Waals surface area contributed by atoms with Crippen molar-refractivity contribution in [2.45, 2.75) is 6.42 Å². The first-order valence-electron chi connectivity index (χ1n) is 5.33. The molecule has 1 aliphatic rings. The van der Waals surface area contributed by atoms with E-state index in [1.54, 1.807) is 0 Å². The summed E-state index contributed by atoms with van der Waals surface area (Å²) in [6.07, 6.45) is 0.323. The van der Waals surface area contributed by atoms with E-state index >= 15 is 0 Å². The van der Waals surface area contributed by atoms with Crippen LogP contribution >= 0.6 is 23.2 Å². The van der Waals surface area contributed by atoms with E-state index in [1.165, 1.54) is 23.1 Å². The van der Waals surface area contributed by atoms with Crippen molar-refractivity contribution in [2.75, 3.05) is 17.3 Å². The van der Waals surface area contributed by atoms with Crippen LogP contribution in [0.25, 0.3) is 0 Å². The number of nitro benzene ring substituents is 1. The van der Waals surface area contributed by atoms with Gasteiger partial charge in [0.25, 0.3) is 5.69 Å². The van der Waals surface area contributed by atoms with Gasteiger partial charge < -0.3 is 4.90 Å². The average Bonchev–Trinajstić information content (AvgIpc) is 2.70. The Bertz CT molecular complexity index is 507. The van der Waals surface area contributed by atoms with Gasteiger partial charge in [-0.2, -0.15) is 0 Å². The van der Waals surface area contributed by atoms with Gasteiger partial charge in [0.1, 0.15) is 5.69 Å². The Balaban J connectivity index is 2.39. The van der Waals surface area contributed by atoms with Gasteiger partial charge in [-0.3, -0.25) is 14.9 Å². The summed E-state index contributed by atoms with van der Waals surface area (Å²) in [6.45, 7) is 0.408. The fourth-order valence-electron chi connectivity index (χ4n) is 1.99. The highest BCUT2D eigenvalue weighted by molar-refractivity contribution is 6.31. The van der Waals surface area contributed by atoms with Crippen molar-refractivity contribution in [2.24, 2.45) is 5.92 Å². The SMILES string of the molecule is O=C1CC(CCl)CN1c1ccc(Cl)cc1[N+](=O)[O-]. The molecule has 0 spiro atoms. The highest BCUT2D eigenvalue weighted by Gasteiger charge is 2.33. The maximum Gasteiger partial charge on any atom is 0.294 e. The molecule has 18 heavy (non-hydrogen) atoms. The van der Waals surface area contributed by atoms with Gasteiger partial charge in [0, 0.05) is 29.9 Å². The third kappa shape index (κ3) is 2.42. The van der Waals surface area contributed by atoms with E-state index < -0.39 is 4.92 Å². The molecule has 96 valence electrons. The standard InChI is InChI=1S/C11H10Cl2N2O3/c12-5-7-3-11(16)14(6-7)9-2-1-8(13)4-10(9)15(17)18/h1-2,4,7H,3,5-6H2. The van der Waals surface area contributed by atoms with Gasteiger partial charge in [0.15, 0.2) is 0 Å². The predicted octanol–water partition coefficient (Wildman–Crippen LogP) is 2.84. The van der Waals surface area contributed by atoms with Gasteiger partial charge in [0.05, 0.1) is 4.92 Å². The summed E-state index contributed by atoms with van der Waals surface area (Å²) in [7, 11) is 0. The molecular weight excluding hydrogens is 279 g/mol. The zero-order valence-corrected chi connectivity index (χ0v) is 10.8. The smallest absolute Gasteiger partial charge is 0.294 e. The van der Waals surface area contributed by atoms with Crippen molar-refractivity contribution in [1.82, 2.24) is 0 Å². The minimum absolute atomic E-state index is 0.0365. The largest absolute Gasteiger partial charge is 0.306 e. The van der Waals surface area contributed by atoms with Crippen molar-refractivity contribution >= 4 is 40.5 Å². The molecule has 1 heterocycles. The van der Waals surface area contributed by atoms with E-state index in [0.717, 1.165) is 0 Å². The first-order valence-corrected chi connectivity index (χ1v) is 6.24. The third-order valence-corrected chi connectivity index (χ3v) is 3.52. The zero-order valence-electron chi connectivity index (χ0n) is 9.31. The number of nitrogens with zero attached hydrogens (tertiary/aromatic N) is 2. The van der Waals surface area contributed by atoms with Gasteiger partial charge in [-0.1, -0.05) is 11.6 Å². The Morgan fingerprint density at radius 2 is 2.22 bits per heavy atom. The number of amides is 1. The lowest BCUT2D eigenvalue weighted by atomic mass is 10.1. The van der Waals surface area contributed by atoms with Crippen LogP contribution < -0.4 is 4.90 Å². The van der Waals surface area contributed by atoms with Crippen molar-refractivity contribution < 1.29 is 9.72 Å². The molecule has 1 amide bonds. The van der Waals surface area contributed by atoms with E-state index in [2.05, 4.69) is 0 Å². The summed E-state index contributed by atoms with van der Waals surface area (Å²) < 4.78 is 0. The monoisotopic (exact) mass is 288 g/mol. The number of anilines is 1. The molecule has 2 rings (SSSR count). The number of benzene rings is 1. The molecule has 1 fully saturated rings. The zero-order chi connectivity index (χ0) is 13.3. The highest BCUT2D eigenvalue weighted by atomic mass is 35.5. The molecule has 0 radical (unpaired) electrons. The van der Waals surface area contributed by atoms with Crippen LogP contribution in [0.5, 0.6) is 0 Å². The predicted molar refractivity (Wildman–Crippen MR) is 69.3 cm³/mol. The molecule has 1 aromatic rings. The lowest BCUT2D eigenvalue weighted by molar-refractivity contribution is -0.384. The molecule has 0 bridgehead atoms. The summed E-state index contributed by atoms with van der Waals surface area (Å²) in [5, 5.41) is 11.2. The van der Waals surface area contributed by atoms with Crippen molar-refractivity contribution in [1.29, 1.82) is 0 Å². The Labute approximate surface area is 113 Å². The number of halogens is 2. The van der Waals surface area contributed by atoms with E-state index in [0.29, 0.717) is 18.8 Å². The average molecular weight is 289 g/mol. The van der Waals surface area contributed by atoms with Crippen LogP contribution in [0.15, 0.2) is 18.2 Å². The summed E-state index contributed by atoms with van der Waals surface area (Å²) >= 11 is 11.5. The molecule has 0 aromatic heterocycles. The van der Waals surface area contributed by atoms with Crippen molar-refractivity contribution in [3.8, 4) is 0 Å². The number of hydrogen-bond acceptors (Lipinski definition) is 3. The van der Waals surface area contributed by atoms with Gasteiger partial charge >= 0.3 is 0 Å². The van der Waals surface area contributed by atoms with Crippen LogP contribution in [0.1, 0.15) is 6.42 Å². The van der Waals surface area contributed by atoms with E-state index in [4.69, 9.17) is 23.2 Å². The van der Waals surface area contributed by atoms with Crippen LogP contribution in [0.2, 0.25) is 5.02 Å². The van der Waals surface area contributed by atoms with Crippen molar-refractivity contribution in [3.05, 3.63) is 33.3 Å². The molecule has 5 nitrogen and oxygen atoms in total. The van der Waals surface area contributed by atoms with E-state index in [9.17, 15) is 14.9 Å². The maximum atomic E-state index is 11.8. The first-order chi connectivity index (χ1) is 8.52. The van der Waals surface area contributed by atoms with Crippen LogP contribution in [0.4, 0.5) is 11.4 Å². The Kier molecular flexibility index (Phi) is 3.73. The van der Waals surface area contributed by atoms with Gasteiger partial charge in [-0.05, 0) is 18.1 Å². The number of alkyl halides is 1. The second kappa shape index (κ2) is 5.12. The lowest BCUT2D eigenvalue weighted by Gasteiger charge is -2.16. The quantitative estimate of drug-likeness (QED) is 0.488. The van der Waals surface area contributed by atoms with Crippen molar-refractivity contribution in [3.63, 3.8) is 0 Å².